The molecule has 488 valence electrons. The molecule has 12 nitrogen and oxygen atoms in total. The number of aliphatic carboxylic acids is 1. The summed E-state index contributed by atoms with van der Waals surface area (Å²) in [5.74, 6) is -3.30. The average molecular weight is 1210 g/mol. The second kappa shape index (κ2) is 60.6. The Bertz CT molecular complexity index is 2120. The van der Waals surface area contributed by atoms with E-state index in [1.807, 2.05) is 12.2 Å². The van der Waals surface area contributed by atoms with Crippen molar-refractivity contribution < 1.29 is 58.2 Å². The van der Waals surface area contributed by atoms with E-state index in [1.165, 1.54) is 51.4 Å². The summed E-state index contributed by atoms with van der Waals surface area (Å²) in [6, 6.07) is 0. The Morgan fingerprint density at radius 3 is 1.16 bits per heavy atom. The third-order valence-corrected chi connectivity index (χ3v) is 14.1. The Labute approximate surface area is 526 Å². The maximum atomic E-state index is 13.2. The van der Waals surface area contributed by atoms with E-state index in [9.17, 15) is 34.5 Å². The highest BCUT2D eigenvalue weighted by Gasteiger charge is 2.50. The second-order valence-corrected chi connectivity index (χ2v) is 22.0. The molecule has 1 fully saturated rings. The normalized spacial score (nSPS) is 18.4. The summed E-state index contributed by atoms with van der Waals surface area (Å²) >= 11 is 0. The fourth-order valence-corrected chi connectivity index (χ4v) is 9.04. The Kier molecular flexibility index (Phi) is 55.3. The first-order valence-electron chi connectivity index (χ1n) is 33.5. The lowest BCUT2D eigenvalue weighted by Crippen LogP contribution is -2.61. The van der Waals surface area contributed by atoms with Crippen LogP contribution < -0.4 is 0 Å². The standard InChI is InChI=1S/C75H116O12/c1-4-7-10-13-16-19-22-25-28-31-34-37-40-43-46-49-52-55-58-61-67(76)83-64-66(85-68(77)62-59-56-53-50-47-44-41-38-35-32-29-26-23-20-17-14-11-8-5-2)65-84-75-73(71(80)70(79)72(87-75)74(81)82)86-69(78)63-60-57-54-51-48-45-42-39-36-33-30-27-24-21-18-15-12-9-6-3/h7,9-10,12,16-21,25-30,34,36-37,39,43,45-46,48,52,55,66,70-73,75,79-80H,4-6,8,11,13-15,22-24,31-33,35,38,40-42,44,47,49-51,53-54,56-65H2,1-3H3,(H,81,82)/b10-7-,12-9-,19-16-,20-17-,21-18-,28-25-,29-26-,30-27-,37-34-,39-36-,46-43-,48-45-,55-52-. The summed E-state index contributed by atoms with van der Waals surface area (Å²) in [6.07, 6.45) is 76.3. The number of hydrogen-bond acceptors (Lipinski definition) is 11. The summed E-state index contributed by atoms with van der Waals surface area (Å²) in [6.45, 7) is 5.67. The zero-order valence-electron chi connectivity index (χ0n) is 53.9. The molecule has 0 aromatic carbocycles. The molecule has 0 radical (unpaired) electrons. The lowest BCUT2D eigenvalue weighted by Gasteiger charge is -2.40. The molecule has 0 spiro atoms. The van der Waals surface area contributed by atoms with Crippen molar-refractivity contribution in [2.45, 2.75) is 276 Å². The van der Waals surface area contributed by atoms with E-state index in [4.69, 9.17) is 23.7 Å². The van der Waals surface area contributed by atoms with Crippen LogP contribution in [-0.4, -0.2) is 89.2 Å². The van der Waals surface area contributed by atoms with Crippen molar-refractivity contribution in [2.24, 2.45) is 0 Å². The topological polar surface area (TPSA) is 175 Å². The van der Waals surface area contributed by atoms with Crippen molar-refractivity contribution in [3.63, 3.8) is 0 Å². The quantitative estimate of drug-likeness (QED) is 0.0228. The van der Waals surface area contributed by atoms with Crippen molar-refractivity contribution in [1.29, 1.82) is 0 Å². The molecule has 0 aromatic heterocycles. The van der Waals surface area contributed by atoms with Crippen LogP contribution in [0.5, 0.6) is 0 Å². The van der Waals surface area contributed by atoms with Crippen molar-refractivity contribution in [3.8, 4) is 0 Å². The molecule has 0 aromatic rings. The van der Waals surface area contributed by atoms with Crippen LogP contribution >= 0.6 is 0 Å². The minimum absolute atomic E-state index is 0.00471. The lowest BCUT2D eigenvalue weighted by atomic mass is 9.98. The molecule has 6 atom stereocenters. The number of aliphatic hydroxyl groups excluding tert-OH is 2. The Balaban J connectivity index is 2.74. The van der Waals surface area contributed by atoms with Crippen LogP contribution in [-0.2, 0) is 42.9 Å². The molecule has 87 heavy (non-hydrogen) atoms. The number of hydrogen-bond donors (Lipinski definition) is 3. The van der Waals surface area contributed by atoms with Gasteiger partial charge in [0.1, 0.15) is 18.8 Å². The first-order valence-corrected chi connectivity index (χ1v) is 33.5. The number of carboxylic acid groups (broad SMARTS) is 1. The van der Waals surface area contributed by atoms with Gasteiger partial charge in [0.15, 0.2) is 24.6 Å². The van der Waals surface area contributed by atoms with E-state index in [2.05, 4.69) is 167 Å². The number of esters is 3. The van der Waals surface area contributed by atoms with E-state index in [-0.39, 0.29) is 25.9 Å². The van der Waals surface area contributed by atoms with E-state index < -0.39 is 67.3 Å². The number of unbranched alkanes of at least 4 members (excludes halogenated alkanes) is 15. The summed E-state index contributed by atoms with van der Waals surface area (Å²) in [5, 5.41) is 31.6. The van der Waals surface area contributed by atoms with E-state index >= 15 is 0 Å². The van der Waals surface area contributed by atoms with Gasteiger partial charge in [-0.2, -0.15) is 0 Å². The van der Waals surface area contributed by atoms with Crippen molar-refractivity contribution in [3.05, 3.63) is 158 Å². The molecule has 1 saturated heterocycles. The SMILES string of the molecule is CC/C=C\C/C=C\C/C=C\C/C=C\C/C=C\C/C=C\CCC(=O)OCC(COC1OC(C(=O)O)C(O)C(O)C1OC(=O)CCCCC/C=C\C/C=C\C/C=C\C/C=C\C/C=C\CC)OC(=O)CCCCCCCCCCC/C=C\C/C=C\CCCCC. The molecule has 12 heteroatoms. The van der Waals surface area contributed by atoms with Gasteiger partial charge >= 0.3 is 23.9 Å². The Morgan fingerprint density at radius 2 is 0.747 bits per heavy atom. The predicted molar refractivity (Wildman–Crippen MR) is 358 cm³/mol. The third kappa shape index (κ3) is 50.0. The summed E-state index contributed by atoms with van der Waals surface area (Å²) < 4.78 is 28.4. The lowest BCUT2D eigenvalue weighted by molar-refractivity contribution is -0.301. The van der Waals surface area contributed by atoms with Gasteiger partial charge < -0.3 is 39.0 Å². The van der Waals surface area contributed by atoms with Gasteiger partial charge in [-0.1, -0.05) is 243 Å². The number of carbonyl (C=O) groups is 4. The first kappa shape index (κ1) is 79.4. The van der Waals surface area contributed by atoms with Crippen LogP contribution in [0.3, 0.4) is 0 Å². The van der Waals surface area contributed by atoms with Gasteiger partial charge in [-0.25, -0.2) is 4.79 Å². The molecule has 0 saturated carbocycles. The highest BCUT2D eigenvalue weighted by atomic mass is 16.7. The minimum atomic E-state index is -1.94. The molecule has 0 aliphatic carbocycles. The van der Waals surface area contributed by atoms with Crippen LogP contribution in [0.4, 0.5) is 0 Å². The second-order valence-electron chi connectivity index (χ2n) is 22.0. The fraction of sp³-hybridized carbons (Fsp3) is 0.600. The summed E-state index contributed by atoms with van der Waals surface area (Å²) in [5.41, 5.74) is 0. The Morgan fingerprint density at radius 1 is 0.391 bits per heavy atom. The van der Waals surface area contributed by atoms with Gasteiger partial charge in [0, 0.05) is 19.3 Å². The number of aliphatic hydroxyl groups is 2. The zero-order valence-corrected chi connectivity index (χ0v) is 53.9. The number of carbonyl (C=O) groups excluding carboxylic acids is 3. The van der Waals surface area contributed by atoms with E-state index in [0.717, 1.165) is 122 Å². The monoisotopic (exact) mass is 1210 g/mol. The van der Waals surface area contributed by atoms with Gasteiger partial charge in [0.25, 0.3) is 0 Å². The number of rotatable bonds is 55. The van der Waals surface area contributed by atoms with Crippen LogP contribution in [0.1, 0.15) is 239 Å². The van der Waals surface area contributed by atoms with Gasteiger partial charge in [0.2, 0.25) is 0 Å². The van der Waals surface area contributed by atoms with Crippen LogP contribution in [0.15, 0.2) is 158 Å². The predicted octanol–water partition coefficient (Wildman–Crippen LogP) is 18.5. The van der Waals surface area contributed by atoms with Gasteiger partial charge in [-0.3, -0.25) is 14.4 Å². The molecule has 1 aliphatic rings. The highest BCUT2D eigenvalue weighted by Crippen LogP contribution is 2.26. The summed E-state index contributed by atoms with van der Waals surface area (Å²) in [4.78, 5) is 51.4. The van der Waals surface area contributed by atoms with Crippen molar-refractivity contribution in [1.82, 2.24) is 0 Å². The van der Waals surface area contributed by atoms with Crippen LogP contribution in [0.25, 0.3) is 0 Å². The number of carboxylic acids is 1. The molecular weight excluding hydrogens is 1090 g/mol. The molecular formula is C75H116O12. The van der Waals surface area contributed by atoms with Crippen LogP contribution in [0.2, 0.25) is 0 Å². The van der Waals surface area contributed by atoms with Gasteiger partial charge in [0.05, 0.1) is 6.61 Å². The molecule has 0 amide bonds. The van der Waals surface area contributed by atoms with Crippen molar-refractivity contribution >= 4 is 23.9 Å². The molecule has 3 N–H and O–H groups in total. The van der Waals surface area contributed by atoms with E-state index in [1.54, 1.807) is 0 Å². The molecule has 1 rings (SSSR count). The zero-order chi connectivity index (χ0) is 63.1. The van der Waals surface area contributed by atoms with Crippen molar-refractivity contribution in [2.75, 3.05) is 13.2 Å². The molecule has 0 bridgehead atoms. The number of ether oxygens (including phenoxy) is 5. The Hall–Kier alpha value is -5.66. The molecule has 1 heterocycles. The van der Waals surface area contributed by atoms with E-state index in [0.29, 0.717) is 25.7 Å². The maximum absolute atomic E-state index is 13.2. The first-order chi connectivity index (χ1) is 42.6. The minimum Gasteiger partial charge on any atom is -0.479 e. The smallest absolute Gasteiger partial charge is 0.335 e. The van der Waals surface area contributed by atoms with Gasteiger partial charge in [-0.15, -0.1) is 0 Å². The average Bonchev–Trinajstić information content (AvgIpc) is 2.56. The number of allylic oxidation sites excluding steroid dienone is 26. The van der Waals surface area contributed by atoms with Gasteiger partial charge in [-0.05, 0) is 135 Å². The molecule has 6 unspecified atom stereocenters. The fourth-order valence-electron chi connectivity index (χ4n) is 9.04. The summed E-state index contributed by atoms with van der Waals surface area (Å²) in [7, 11) is 0. The highest BCUT2D eigenvalue weighted by molar-refractivity contribution is 5.74. The largest absolute Gasteiger partial charge is 0.479 e. The van der Waals surface area contributed by atoms with Crippen LogP contribution in [0, 0.1) is 0 Å². The third-order valence-electron chi connectivity index (χ3n) is 14.1. The molecule has 1 aliphatic heterocycles. The maximum Gasteiger partial charge on any atom is 0.335 e.